The molecule has 3 nitrogen and oxygen atoms in total. The van der Waals surface area contributed by atoms with Crippen molar-refractivity contribution in [1.29, 1.82) is 0 Å². The Morgan fingerprint density at radius 1 is 1.00 bits per heavy atom. The summed E-state index contributed by atoms with van der Waals surface area (Å²) in [6.07, 6.45) is 0. The number of benzene rings is 2. The number of nitrogens with one attached hydrogen (secondary N) is 1. The second kappa shape index (κ2) is 8.89. The van der Waals surface area contributed by atoms with Gasteiger partial charge in [0.25, 0.3) is 0 Å². The van der Waals surface area contributed by atoms with Gasteiger partial charge in [0.05, 0.1) is 16.7 Å². The predicted molar refractivity (Wildman–Crippen MR) is 92.2 cm³/mol. The summed E-state index contributed by atoms with van der Waals surface area (Å²) in [5.74, 6) is 0.841. The van der Waals surface area contributed by atoms with E-state index in [9.17, 15) is 0 Å². The first kappa shape index (κ1) is 16.9. The molecule has 0 aliphatic rings. The zero-order valence-electron chi connectivity index (χ0n) is 12.4. The van der Waals surface area contributed by atoms with Crippen molar-refractivity contribution in [2.24, 2.45) is 0 Å². The monoisotopic (exact) mass is 339 g/mol. The van der Waals surface area contributed by atoms with Crippen molar-refractivity contribution in [2.45, 2.75) is 13.5 Å². The Bertz CT molecular complexity index is 605. The molecule has 0 radical (unpaired) electrons. The second-order valence-corrected chi connectivity index (χ2v) is 5.49. The van der Waals surface area contributed by atoms with E-state index in [2.05, 4.69) is 5.32 Å². The van der Waals surface area contributed by atoms with Crippen LogP contribution < -0.4 is 10.1 Å². The van der Waals surface area contributed by atoms with Crippen molar-refractivity contribution in [3.8, 4) is 5.75 Å². The second-order valence-electron chi connectivity index (χ2n) is 4.68. The Balaban J connectivity index is 1.88. The average Bonchev–Trinajstić information content (AvgIpc) is 2.53. The molecule has 118 valence electrons. The molecule has 0 aromatic heterocycles. The Kier molecular flexibility index (Phi) is 6.84. The van der Waals surface area contributed by atoms with Crippen LogP contribution in [0.5, 0.6) is 5.75 Å². The van der Waals surface area contributed by atoms with Gasteiger partial charge in [0.1, 0.15) is 12.4 Å². The van der Waals surface area contributed by atoms with Crippen LogP contribution >= 0.6 is 23.2 Å². The zero-order chi connectivity index (χ0) is 15.8. The molecule has 5 heteroatoms. The minimum Gasteiger partial charge on any atom is -0.491 e. The third-order valence-corrected chi connectivity index (χ3v) is 3.75. The summed E-state index contributed by atoms with van der Waals surface area (Å²) in [5, 5.41) is 4.40. The van der Waals surface area contributed by atoms with Crippen molar-refractivity contribution < 1.29 is 9.47 Å². The molecule has 0 saturated heterocycles. The highest BCUT2D eigenvalue weighted by atomic mass is 35.5. The molecule has 0 atom stereocenters. The van der Waals surface area contributed by atoms with Crippen LogP contribution in [0.25, 0.3) is 0 Å². The van der Waals surface area contributed by atoms with Gasteiger partial charge in [-0.2, -0.15) is 0 Å². The fourth-order valence-electron chi connectivity index (χ4n) is 1.92. The lowest BCUT2D eigenvalue weighted by Crippen LogP contribution is -2.06. The van der Waals surface area contributed by atoms with Gasteiger partial charge in [-0.3, -0.25) is 0 Å². The Hall–Kier alpha value is -1.42. The average molecular weight is 340 g/mol. The van der Waals surface area contributed by atoms with Crippen molar-refractivity contribution >= 4 is 28.9 Å². The molecule has 0 fully saturated rings. The molecule has 0 unspecified atom stereocenters. The largest absolute Gasteiger partial charge is 0.491 e. The molecular weight excluding hydrogens is 321 g/mol. The van der Waals surface area contributed by atoms with E-state index in [0.717, 1.165) is 17.0 Å². The van der Waals surface area contributed by atoms with Crippen LogP contribution in [0.1, 0.15) is 12.5 Å². The molecule has 0 aliphatic carbocycles. The lowest BCUT2D eigenvalue weighted by Gasteiger charge is -2.10. The summed E-state index contributed by atoms with van der Waals surface area (Å²) in [6, 6.07) is 13.5. The Morgan fingerprint density at radius 3 is 2.64 bits per heavy atom. The van der Waals surface area contributed by atoms with E-state index in [0.29, 0.717) is 36.4 Å². The molecular formula is C17H19Cl2NO2. The van der Waals surface area contributed by atoms with E-state index in [1.165, 1.54) is 0 Å². The predicted octanol–water partition coefficient (Wildman–Crippen LogP) is 5.02. The molecule has 0 bridgehead atoms. The van der Waals surface area contributed by atoms with Gasteiger partial charge < -0.3 is 14.8 Å². The van der Waals surface area contributed by atoms with Gasteiger partial charge in [0, 0.05) is 18.8 Å². The van der Waals surface area contributed by atoms with E-state index in [1.807, 2.05) is 43.3 Å². The Labute approximate surface area is 141 Å². The summed E-state index contributed by atoms with van der Waals surface area (Å²) in [6.45, 7) is 4.51. The molecule has 2 rings (SSSR count). The summed E-state index contributed by atoms with van der Waals surface area (Å²) in [5.41, 5.74) is 2.05. The van der Waals surface area contributed by atoms with E-state index in [4.69, 9.17) is 32.7 Å². The molecule has 2 aromatic carbocycles. The first-order valence-corrected chi connectivity index (χ1v) is 7.93. The maximum atomic E-state index is 6.00. The molecule has 0 amide bonds. The van der Waals surface area contributed by atoms with Crippen LogP contribution in [0.15, 0.2) is 42.5 Å². The van der Waals surface area contributed by atoms with Crippen LogP contribution in [-0.4, -0.2) is 19.8 Å². The third-order valence-electron chi connectivity index (χ3n) is 3.02. The van der Waals surface area contributed by atoms with Gasteiger partial charge in [0.2, 0.25) is 0 Å². The number of hydrogen-bond acceptors (Lipinski definition) is 3. The molecule has 0 saturated carbocycles. The molecule has 2 aromatic rings. The highest BCUT2D eigenvalue weighted by Crippen LogP contribution is 2.25. The molecule has 0 heterocycles. The SMILES string of the molecule is CCOCCOc1cccc(CNc2ccc(Cl)c(Cl)c2)c1. The summed E-state index contributed by atoms with van der Waals surface area (Å²) in [4.78, 5) is 0. The van der Waals surface area contributed by atoms with Crippen molar-refractivity contribution in [2.75, 3.05) is 25.1 Å². The van der Waals surface area contributed by atoms with Crippen LogP contribution in [-0.2, 0) is 11.3 Å². The fourth-order valence-corrected chi connectivity index (χ4v) is 2.22. The highest BCUT2D eigenvalue weighted by molar-refractivity contribution is 6.42. The normalized spacial score (nSPS) is 10.5. The standard InChI is InChI=1S/C17H19Cl2NO2/c1-2-21-8-9-22-15-5-3-4-13(10-15)12-20-14-6-7-16(18)17(19)11-14/h3-7,10-11,20H,2,8-9,12H2,1H3. The van der Waals surface area contributed by atoms with Gasteiger partial charge in [-0.25, -0.2) is 0 Å². The number of rotatable bonds is 8. The van der Waals surface area contributed by atoms with Crippen molar-refractivity contribution in [3.05, 3.63) is 58.1 Å². The van der Waals surface area contributed by atoms with Gasteiger partial charge in [0.15, 0.2) is 0 Å². The van der Waals surface area contributed by atoms with Crippen LogP contribution in [0.4, 0.5) is 5.69 Å². The van der Waals surface area contributed by atoms with Crippen molar-refractivity contribution in [3.63, 3.8) is 0 Å². The van der Waals surface area contributed by atoms with E-state index < -0.39 is 0 Å². The van der Waals surface area contributed by atoms with Gasteiger partial charge in [-0.05, 0) is 42.8 Å². The fraction of sp³-hybridized carbons (Fsp3) is 0.294. The number of hydrogen-bond donors (Lipinski definition) is 1. The highest BCUT2D eigenvalue weighted by Gasteiger charge is 2.01. The van der Waals surface area contributed by atoms with Gasteiger partial charge in [-0.15, -0.1) is 0 Å². The minimum absolute atomic E-state index is 0.541. The zero-order valence-corrected chi connectivity index (χ0v) is 14.0. The maximum Gasteiger partial charge on any atom is 0.119 e. The molecule has 0 spiro atoms. The number of anilines is 1. The first-order chi connectivity index (χ1) is 10.7. The van der Waals surface area contributed by atoms with E-state index >= 15 is 0 Å². The lowest BCUT2D eigenvalue weighted by molar-refractivity contribution is 0.110. The first-order valence-electron chi connectivity index (χ1n) is 7.17. The molecule has 0 aliphatic heterocycles. The van der Waals surface area contributed by atoms with Gasteiger partial charge >= 0.3 is 0 Å². The quantitative estimate of drug-likeness (QED) is 0.685. The van der Waals surface area contributed by atoms with Crippen LogP contribution in [0.3, 0.4) is 0 Å². The van der Waals surface area contributed by atoms with E-state index in [1.54, 1.807) is 6.07 Å². The summed E-state index contributed by atoms with van der Waals surface area (Å²) >= 11 is 11.9. The third kappa shape index (κ3) is 5.41. The summed E-state index contributed by atoms with van der Waals surface area (Å²) in [7, 11) is 0. The van der Waals surface area contributed by atoms with Crippen LogP contribution in [0, 0.1) is 0 Å². The maximum absolute atomic E-state index is 6.00. The topological polar surface area (TPSA) is 30.5 Å². The smallest absolute Gasteiger partial charge is 0.119 e. The van der Waals surface area contributed by atoms with Gasteiger partial charge in [-0.1, -0.05) is 35.3 Å². The molecule has 22 heavy (non-hydrogen) atoms. The number of halogens is 2. The van der Waals surface area contributed by atoms with E-state index in [-0.39, 0.29) is 0 Å². The van der Waals surface area contributed by atoms with Crippen LogP contribution in [0.2, 0.25) is 10.0 Å². The van der Waals surface area contributed by atoms with Crippen molar-refractivity contribution in [1.82, 2.24) is 0 Å². The molecule has 1 N–H and O–H groups in total. The minimum atomic E-state index is 0.541. The number of ether oxygens (including phenoxy) is 2. The lowest BCUT2D eigenvalue weighted by atomic mass is 10.2. The summed E-state index contributed by atoms with van der Waals surface area (Å²) < 4.78 is 10.9. The Morgan fingerprint density at radius 2 is 1.86 bits per heavy atom.